The zero-order valence-electron chi connectivity index (χ0n) is 9.95. The fourth-order valence-corrected chi connectivity index (χ4v) is 2.86. The molecule has 0 saturated carbocycles. The maximum Gasteiger partial charge on any atom is 0.0457 e. The van der Waals surface area contributed by atoms with E-state index in [1.807, 2.05) is 6.07 Å². The minimum atomic E-state index is 1.04. The van der Waals surface area contributed by atoms with Crippen molar-refractivity contribution in [1.82, 2.24) is 9.88 Å². The second kappa shape index (κ2) is 4.75. The molecule has 0 radical (unpaired) electrons. The Bertz CT molecular complexity index is 512. The molecule has 1 aliphatic rings. The van der Waals surface area contributed by atoms with Gasteiger partial charge in [-0.05, 0) is 56.1 Å². The number of thiol groups is 1. The van der Waals surface area contributed by atoms with Crippen LogP contribution in [-0.2, 0) is 6.42 Å². The number of aromatic amines is 1. The molecule has 1 fully saturated rings. The van der Waals surface area contributed by atoms with E-state index in [2.05, 4.69) is 40.8 Å². The molecule has 0 spiro atoms. The Kier molecular flexibility index (Phi) is 3.12. The average molecular weight is 246 g/mol. The second-order valence-electron chi connectivity index (χ2n) is 4.84. The Morgan fingerprint density at radius 3 is 2.88 bits per heavy atom. The lowest BCUT2D eigenvalue weighted by atomic mass is 10.1. The first kappa shape index (κ1) is 11.2. The van der Waals surface area contributed by atoms with Gasteiger partial charge in [0, 0.05) is 28.5 Å². The van der Waals surface area contributed by atoms with Gasteiger partial charge in [-0.2, -0.15) is 0 Å². The lowest BCUT2D eigenvalue weighted by molar-refractivity contribution is 0.344. The van der Waals surface area contributed by atoms with E-state index in [9.17, 15) is 0 Å². The maximum atomic E-state index is 4.41. The molecule has 1 aromatic carbocycles. The Labute approximate surface area is 107 Å². The first-order valence-electron chi connectivity index (χ1n) is 6.34. The quantitative estimate of drug-likeness (QED) is 0.797. The molecule has 90 valence electrons. The van der Waals surface area contributed by atoms with E-state index in [1.54, 1.807) is 0 Å². The number of H-pyrrole nitrogens is 1. The predicted molar refractivity (Wildman–Crippen MR) is 74.9 cm³/mol. The maximum absolute atomic E-state index is 4.41. The first-order chi connectivity index (χ1) is 8.33. The number of rotatable bonds is 3. The van der Waals surface area contributed by atoms with Crippen LogP contribution in [0.3, 0.4) is 0 Å². The molecule has 0 amide bonds. The van der Waals surface area contributed by atoms with Crippen LogP contribution < -0.4 is 0 Å². The van der Waals surface area contributed by atoms with Gasteiger partial charge in [-0.1, -0.05) is 0 Å². The zero-order chi connectivity index (χ0) is 11.7. The Morgan fingerprint density at radius 2 is 2.06 bits per heavy atom. The van der Waals surface area contributed by atoms with Gasteiger partial charge in [-0.15, -0.1) is 12.6 Å². The number of hydrogen-bond acceptors (Lipinski definition) is 2. The van der Waals surface area contributed by atoms with Crippen LogP contribution >= 0.6 is 12.6 Å². The third kappa shape index (κ3) is 2.35. The summed E-state index contributed by atoms with van der Waals surface area (Å²) in [4.78, 5) is 6.94. The fraction of sp³-hybridized carbons (Fsp3) is 0.429. The summed E-state index contributed by atoms with van der Waals surface area (Å²) in [6.07, 6.45) is 6.02. The van der Waals surface area contributed by atoms with Crippen LogP contribution in [-0.4, -0.2) is 29.5 Å². The molecule has 1 aliphatic heterocycles. The van der Waals surface area contributed by atoms with Gasteiger partial charge in [0.25, 0.3) is 0 Å². The van der Waals surface area contributed by atoms with Gasteiger partial charge in [0.05, 0.1) is 0 Å². The number of benzene rings is 1. The molecule has 0 bridgehead atoms. The Morgan fingerprint density at radius 1 is 1.24 bits per heavy atom. The summed E-state index contributed by atoms with van der Waals surface area (Å²) < 4.78 is 0. The minimum Gasteiger partial charge on any atom is -0.361 e. The highest BCUT2D eigenvalue weighted by Gasteiger charge is 2.12. The van der Waals surface area contributed by atoms with Crippen LogP contribution in [0.2, 0.25) is 0 Å². The van der Waals surface area contributed by atoms with E-state index in [1.165, 1.54) is 48.9 Å². The molecule has 3 heteroatoms. The van der Waals surface area contributed by atoms with E-state index >= 15 is 0 Å². The summed E-state index contributed by atoms with van der Waals surface area (Å²) in [5, 5.41) is 1.33. The molecule has 1 aromatic heterocycles. The molecule has 17 heavy (non-hydrogen) atoms. The van der Waals surface area contributed by atoms with Crippen LogP contribution in [0.1, 0.15) is 18.4 Å². The molecule has 0 unspecified atom stereocenters. The molecule has 3 rings (SSSR count). The third-order valence-electron chi connectivity index (χ3n) is 3.65. The molecule has 0 atom stereocenters. The number of nitrogens with zero attached hydrogens (tertiary/aromatic N) is 1. The average Bonchev–Trinajstić information content (AvgIpc) is 2.94. The van der Waals surface area contributed by atoms with Crippen molar-refractivity contribution in [3.05, 3.63) is 30.0 Å². The standard InChI is InChI=1S/C14H18N2S/c17-12-3-4-14-13(9-12)11(10-15-14)5-8-16-6-1-2-7-16/h3-4,9-10,15,17H,1-2,5-8H2. The highest BCUT2D eigenvalue weighted by molar-refractivity contribution is 7.80. The highest BCUT2D eigenvalue weighted by atomic mass is 32.1. The van der Waals surface area contributed by atoms with Gasteiger partial charge in [0.2, 0.25) is 0 Å². The molecule has 2 aromatic rings. The van der Waals surface area contributed by atoms with Crippen LogP contribution in [0.25, 0.3) is 10.9 Å². The first-order valence-corrected chi connectivity index (χ1v) is 6.79. The number of likely N-dealkylation sites (tertiary alicyclic amines) is 1. The third-order valence-corrected chi connectivity index (χ3v) is 3.93. The van der Waals surface area contributed by atoms with Gasteiger partial charge >= 0.3 is 0 Å². The highest BCUT2D eigenvalue weighted by Crippen LogP contribution is 2.22. The number of fused-ring (bicyclic) bond motifs is 1. The van der Waals surface area contributed by atoms with Gasteiger partial charge in [0.15, 0.2) is 0 Å². The van der Waals surface area contributed by atoms with E-state index in [-0.39, 0.29) is 0 Å². The van der Waals surface area contributed by atoms with Crippen molar-refractivity contribution < 1.29 is 0 Å². The van der Waals surface area contributed by atoms with Gasteiger partial charge < -0.3 is 9.88 Å². The van der Waals surface area contributed by atoms with E-state index in [4.69, 9.17) is 0 Å². The zero-order valence-corrected chi connectivity index (χ0v) is 10.8. The topological polar surface area (TPSA) is 19.0 Å². The molecule has 2 heterocycles. The summed E-state index contributed by atoms with van der Waals surface area (Å²) in [6, 6.07) is 6.30. The van der Waals surface area contributed by atoms with Gasteiger partial charge in [-0.25, -0.2) is 0 Å². The van der Waals surface area contributed by atoms with E-state index in [0.29, 0.717) is 0 Å². The van der Waals surface area contributed by atoms with Gasteiger partial charge in [-0.3, -0.25) is 0 Å². The molecular weight excluding hydrogens is 228 g/mol. The molecule has 2 nitrogen and oxygen atoms in total. The lowest BCUT2D eigenvalue weighted by Gasteiger charge is -2.13. The number of aromatic nitrogens is 1. The molecule has 0 aliphatic carbocycles. The van der Waals surface area contributed by atoms with E-state index < -0.39 is 0 Å². The van der Waals surface area contributed by atoms with Crippen molar-refractivity contribution in [3.63, 3.8) is 0 Å². The van der Waals surface area contributed by atoms with Crippen molar-refractivity contribution in [2.24, 2.45) is 0 Å². The van der Waals surface area contributed by atoms with E-state index in [0.717, 1.165) is 11.3 Å². The van der Waals surface area contributed by atoms with Crippen molar-refractivity contribution in [1.29, 1.82) is 0 Å². The Balaban J connectivity index is 1.77. The summed E-state index contributed by atoms with van der Waals surface area (Å²) in [7, 11) is 0. The predicted octanol–water partition coefficient (Wildman–Crippen LogP) is 3.09. The normalized spacial score (nSPS) is 17.0. The molecule has 1 saturated heterocycles. The van der Waals surface area contributed by atoms with Crippen LogP contribution in [0.4, 0.5) is 0 Å². The largest absolute Gasteiger partial charge is 0.361 e. The summed E-state index contributed by atoms with van der Waals surface area (Å²) in [5.41, 5.74) is 2.64. The SMILES string of the molecule is Sc1ccc2[nH]cc(CCN3CCCC3)c2c1. The minimum absolute atomic E-state index is 1.04. The van der Waals surface area contributed by atoms with Crippen molar-refractivity contribution in [2.75, 3.05) is 19.6 Å². The summed E-state index contributed by atoms with van der Waals surface area (Å²) >= 11 is 4.41. The second-order valence-corrected chi connectivity index (χ2v) is 5.36. The van der Waals surface area contributed by atoms with Gasteiger partial charge in [0.1, 0.15) is 0 Å². The lowest BCUT2D eigenvalue weighted by Crippen LogP contribution is -2.21. The van der Waals surface area contributed by atoms with Crippen LogP contribution in [0, 0.1) is 0 Å². The molecule has 1 N–H and O–H groups in total. The number of nitrogens with one attached hydrogen (secondary N) is 1. The summed E-state index contributed by atoms with van der Waals surface area (Å²) in [5.74, 6) is 0. The fourth-order valence-electron chi connectivity index (χ4n) is 2.66. The van der Waals surface area contributed by atoms with Crippen molar-refractivity contribution in [2.45, 2.75) is 24.2 Å². The monoisotopic (exact) mass is 246 g/mol. The van der Waals surface area contributed by atoms with Crippen molar-refractivity contribution in [3.8, 4) is 0 Å². The smallest absolute Gasteiger partial charge is 0.0457 e. The number of hydrogen-bond donors (Lipinski definition) is 2. The summed E-state index contributed by atoms with van der Waals surface area (Å²) in [6.45, 7) is 3.74. The molecular formula is C14H18N2S. The van der Waals surface area contributed by atoms with Crippen LogP contribution in [0.5, 0.6) is 0 Å². The Hall–Kier alpha value is -0.930. The van der Waals surface area contributed by atoms with Crippen LogP contribution in [0.15, 0.2) is 29.3 Å². The van der Waals surface area contributed by atoms with Crippen molar-refractivity contribution >= 4 is 23.5 Å².